The maximum absolute atomic E-state index is 5.33. The van der Waals surface area contributed by atoms with Gasteiger partial charge in [0, 0.05) is 38.4 Å². The van der Waals surface area contributed by atoms with Crippen molar-refractivity contribution in [2.45, 2.75) is 0 Å². The van der Waals surface area contributed by atoms with Gasteiger partial charge in [-0.25, -0.2) is 15.0 Å². The topological polar surface area (TPSA) is 38.7 Å². The van der Waals surface area contributed by atoms with Crippen molar-refractivity contribution in [2.75, 3.05) is 0 Å². The van der Waals surface area contributed by atoms with Crippen molar-refractivity contribution in [2.24, 2.45) is 0 Å². The molecule has 0 fully saturated rings. The summed E-state index contributed by atoms with van der Waals surface area (Å²) in [6.07, 6.45) is 0. The van der Waals surface area contributed by atoms with E-state index >= 15 is 0 Å². The van der Waals surface area contributed by atoms with Gasteiger partial charge in [0.15, 0.2) is 5.82 Å². The summed E-state index contributed by atoms with van der Waals surface area (Å²) in [7, 11) is 0. The molecule has 0 aliphatic heterocycles. The quantitative estimate of drug-likeness (QED) is 0.172. The lowest BCUT2D eigenvalue weighted by atomic mass is 9.89. The van der Waals surface area contributed by atoms with Gasteiger partial charge in [0.2, 0.25) is 0 Å². The molecular formula is C49H31N3. The zero-order chi connectivity index (χ0) is 34.4. The lowest BCUT2D eigenvalue weighted by Crippen LogP contribution is -1.96. The minimum Gasteiger partial charge on any atom is -0.247 e. The highest BCUT2D eigenvalue weighted by Crippen LogP contribution is 2.42. The fraction of sp³-hybridized carbons (Fsp3) is 0. The van der Waals surface area contributed by atoms with E-state index < -0.39 is 0 Å². The van der Waals surface area contributed by atoms with Crippen molar-refractivity contribution in [1.29, 1.82) is 0 Å². The molecule has 8 aromatic carbocycles. The summed E-state index contributed by atoms with van der Waals surface area (Å²) in [5.41, 5.74) is 10.3. The Morgan fingerprint density at radius 1 is 0.308 bits per heavy atom. The molecule has 2 heterocycles. The molecule has 242 valence electrons. The number of benzene rings is 8. The second-order valence-corrected chi connectivity index (χ2v) is 13.2. The van der Waals surface area contributed by atoms with E-state index in [-0.39, 0.29) is 0 Å². The molecule has 52 heavy (non-hydrogen) atoms. The Hall–Kier alpha value is -6.97. The Morgan fingerprint density at radius 2 is 0.865 bits per heavy atom. The van der Waals surface area contributed by atoms with Crippen molar-refractivity contribution in [3.05, 3.63) is 188 Å². The predicted octanol–water partition coefficient (Wildman–Crippen LogP) is 12.8. The Bertz CT molecular complexity index is 2880. The minimum atomic E-state index is 0.711. The van der Waals surface area contributed by atoms with E-state index in [9.17, 15) is 0 Å². The molecule has 0 N–H and O–H groups in total. The number of rotatable bonds is 5. The number of aromatic nitrogens is 3. The summed E-state index contributed by atoms with van der Waals surface area (Å²) < 4.78 is 0. The van der Waals surface area contributed by atoms with Crippen LogP contribution in [0.1, 0.15) is 0 Å². The van der Waals surface area contributed by atoms with Gasteiger partial charge >= 0.3 is 0 Å². The van der Waals surface area contributed by atoms with Crippen molar-refractivity contribution in [3.63, 3.8) is 0 Å². The predicted molar refractivity (Wildman–Crippen MR) is 217 cm³/mol. The molecule has 0 unspecified atom stereocenters. The summed E-state index contributed by atoms with van der Waals surface area (Å²) in [6, 6.07) is 66.2. The van der Waals surface area contributed by atoms with E-state index in [0.717, 1.165) is 61.2 Å². The van der Waals surface area contributed by atoms with Crippen molar-refractivity contribution >= 4 is 43.2 Å². The molecule has 0 amide bonds. The molecule has 10 aromatic rings. The summed E-state index contributed by atoms with van der Waals surface area (Å²) >= 11 is 0. The Labute approximate surface area is 301 Å². The van der Waals surface area contributed by atoms with Crippen molar-refractivity contribution in [3.8, 4) is 56.3 Å². The van der Waals surface area contributed by atoms with Crippen LogP contribution in [0.25, 0.3) is 99.5 Å². The van der Waals surface area contributed by atoms with Crippen LogP contribution in [0.15, 0.2) is 188 Å². The largest absolute Gasteiger partial charge is 0.247 e. The van der Waals surface area contributed by atoms with Gasteiger partial charge in [0.25, 0.3) is 0 Å². The van der Waals surface area contributed by atoms with Gasteiger partial charge in [-0.2, -0.15) is 0 Å². The lowest BCUT2D eigenvalue weighted by molar-refractivity contribution is 1.18. The molecule has 0 spiro atoms. The first kappa shape index (κ1) is 29.9. The second-order valence-electron chi connectivity index (χ2n) is 13.2. The molecule has 3 nitrogen and oxygen atoms in total. The van der Waals surface area contributed by atoms with Gasteiger partial charge in [-0.15, -0.1) is 0 Å². The fourth-order valence-electron chi connectivity index (χ4n) is 7.50. The molecule has 2 aromatic heterocycles. The lowest BCUT2D eigenvalue weighted by Gasteiger charge is -2.16. The van der Waals surface area contributed by atoms with Gasteiger partial charge in [-0.1, -0.05) is 164 Å². The Kier molecular flexibility index (Phi) is 7.14. The van der Waals surface area contributed by atoms with Crippen LogP contribution in [0.4, 0.5) is 0 Å². The minimum absolute atomic E-state index is 0.711. The first-order valence-electron chi connectivity index (χ1n) is 17.6. The summed E-state index contributed by atoms with van der Waals surface area (Å²) in [5, 5.41) is 8.38. The van der Waals surface area contributed by atoms with Gasteiger partial charge in [-0.05, 0) is 56.9 Å². The van der Waals surface area contributed by atoms with Crippen LogP contribution in [0.3, 0.4) is 0 Å². The normalized spacial score (nSPS) is 11.5. The highest BCUT2D eigenvalue weighted by atomic mass is 14.9. The standard InChI is InChI=1S/C49H31N3/c1-3-14-34(15-4-1)45-31-46(52-49(51-45)36-16-5-2-6-17-36)35-26-24-33(25-27-35)42-30-43-47(40-20-10-9-19-39(40)42)41-21-11-12-22-44(41)50-48(43)38-28-23-32-13-7-8-18-37(32)29-38/h1-31H. The number of fused-ring (bicyclic) bond motifs is 6. The first-order valence-corrected chi connectivity index (χ1v) is 17.6. The van der Waals surface area contributed by atoms with Crippen LogP contribution in [-0.4, -0.2) is 15.0 Å². The smallest absolute Gasteiger partial charge is 0.160 e. The third-order valence-corrected chi connectivity index (χ3v) is 10.0. The highest BCUT2D eigenvalue weighted by Gasteiger charge is 2.17. The monoisotopic (exact) mass is 661 g/mol. The highest BCUT2D eigenvalue weighted by molar-refractivity contribution is 6.25. The average molecular weight is 662 g/mol. The van der Waals surface area contributed by atoms with Gasteiger partial charge in [-0.3, -0.25) is 0 Å². The summed E-state index contributed by atoms with van der Waals surface area (Å²) in [5.74, 6) is 0.711. The molecule has 0 aliphatic rings. The Morgan fingerprint density at radius 3 is 1.62 bits per heavy atom. The second kappa shape index (κ2) is 12.4. The molecule has 0 saturated carbocycles. The molecule has 0 bridgehead atoms. The number of nitrogens with zero attached hydrogens (tertiary/aromatic N) is 3. The van der Waals surface area contributed by atoms with E-state index in [4.69, 9.17) is 15.0 Å². The zero-order valence-corrected chi connectivity index (χ0v) is 28.2. The van der Waals surface area contributed by atoms with Crippen LogP contribution in [-0.2, 0) is 0 Å². The molecular weight excluding hydrogens is 631 g/mol. The molecule has 0 radical (unpaired) electrons. The van der Waals surface area contributed by atoms with Crippen LogP contribution in [0, 0.1) is 0 Å². The number of hydrogen-bond donors (Lipinski definition) is 0. The summed E-state index contributed by atoms with van der Waals surface area (Å²) in [4.78, 5) is 15.4. The van der Waals surface area contributed by atoms with Crippen LogP contribution >= 0.6 is 0 Å². The number of hydrogen-bond acceptors (Lipinski definition) is 3. The zero-order valence-electron chi connectivity index (χ0n) is 28.2. The third kappa shape index (κ3) is 5.19. The number of pyridine rings is 1. The van der Waals surface area contributed by atoms with Gasteiger partial charge < -0.3 is 0 Å². The van der Waals surface area contributed by atoms with Gasteiger partial charge in [0.1, 0.15) is 0 Å². The van der Waals surface area contributed by atoms with E-state index in [1.807, 2.05) is 36.4 Å². The van der Waals surface area contributed by atoms with E-state index in [2.05, 4.69) is 152 Å². The molecule has 0 aliphatic carbocycles. The SMILES string of the molecule is c1ccc(-c2cc(-c3ccc(-c4cc5c(-c6ccc7ccccc7c6)nc6ccccc6c5c5ccccc45)cc3)nc(-c3ccccc3)n2)cc1. The molecule has 10 rings (SSSR count). The fourth-order valence-corrected chi connectivity index (χ4v) is 7.50. The van der Waals surface area contributed by atoms with Crippen LogP contribution < -0.4 is 0 Å². The molecule has 3 heteroatoms. The third-order valence-electron chi connectivity index (χ3n) is 10.0. The van der Waals surface area contributed by atoms with Crippen molar-refractivity contribution in [1.82, 2.24) is 15.0 Å². The first-order chi connectivity index (χ1) is 25.8. The summed E-state index contributed by atoms with van der Waals surface area (Å²) in [6.45, 7) is 0. The van der Waals surface area contributed by atoms with E-state index in [1.54, 1.807) is 0 Å². The average Bonchev–Trinajstić information content (AvgIpc) is 3.23. The van der Waals surface area contributed by atoms with Gasteiger partial charge in [0.05, 0.1) is 22.6 Å². The molecule has 0 saturated heterocycles. The van der Waals surface area contributed by atoms with Crippen molar-refractivity contribution < 1.29 is 0 Å². The number of para-hydroxylation sites is 1. The van der Waals surface area contributed by atoms with E-state index in [1.165, 1.54) is 32.5 Å². The maximum Gasteiger partial charge on any atom is 0.160 e. The Balaban J connectivity index is 1.16. The van der Waals surface area contributed by atoms with Crippen LogP contribution in [0.5, 0.6) is 0 Å². The van der Waals surface area contributed by atoms with E-state index in [0.29, 0.717) is 5.82 Å². The molecule has 0 atom stereocenters. The maximum atomic E-state index is 5.33. The van der Waals surface area contributed by atoms with Crippen LogP contribution in [0.2, 0.25) is 0 Å².